The van der Waals surface area contributed by atoms with E-state index in [-0.39, 0.29) is 5.91 Å². The van der Waals surface area contributed by atoms with Gasteiger partial charge in [-0.2, -0.15) is 0 Å². The Labute approximate surface area is 106 Å². The highest BCUT2D eigenvalue weighted by Crippen LogP contribution is 2.19. The molecule has 1 aromatic carbocycles. The fraction of sp³-hybridized carbons (Fsp3) is 0.286. The van der Waals surface area contributed by atoms with Crippen molar-refractivity contribution in [2.24, 2.45) is 0 Å². The molecule has 0 spiro atoms. The van der Waals surface area contributed by atoms with Crippen LogP contribution in [0, 0.1) is 0 Å². The Kier molecular flexibility index (Phi) is 4.12. The maximum atomic E-state index is 11.3. The van der Waals surface area contributed by atoms with Crippen molar-refractivity contribution in [2.45, 2.75) is 26.3 Å². The van der Waals surface area contributed by atoms with Crippen molar-refractivity contribution >= 4 is 5.91 Å². The summed E-state index contributed by atoms with van der Waals surface area (Å²) in [4.78, 5) is 15.5. The van der Waals surface area contributed by atoms with E-state index in [4.69, 9.17) is 4.42 Å². The second-order valence-corrected chi connectivity index (χ2v) is 4.01. The number of nitrogens with one attached hydrogen (secondary N) is 1. The number of rotatable bonds is 5. The lowest BCUT2D eigenvalue weighted by Gasteiger charge is -2.00. The van der Waals surface area contributed by atoms with Crippen molar-refractivity contribution in [1.82, 2.24) is 10.3 Å². The maximum absolute atomic E-state index is 11.3. The summed E-state index contributed by atoms with van der Waals surface area (Å²) in [6.45, 7) is 2.31. The summed E-state index contributed by atoms with van der Waals surface area (Å²) in [6, 6.07) is 9.76. The van der Waals surface area contributed by atoms with E-state index in [1.54, 1.807) is 6.20 Å². The summed E-state index contributed by atoms with van der Waals surface area (Å²) in [7, 11) is 0. The van der Waals surface area contributed by atoms with Gasteiger partial charge in [0.1, 0.15) is 0 Å². The van der Waals surface area contributed by atoms with Gasteiger partial charge in [0.05, 0.1) is 12.7 Å². The summed E-state index contributed by atoms with van der Waals surface area (Å²) in [5, 5.41) is 2.77. The molecule has 0 bridgehead atoms. The molecule has 0 fully saturated rings. The molecule has 0 aliphatic carbocycles. The van der Waals surface area contributed by atoms with Crippen LogP contribution in [0.15, 0.2) is 40.9 Å². The molecule has 0 saturated carbocycles. The molecule has 2 aromatic rings. The average molecular weight is 244 g/mol. The number of oxazole rings is 1. The number of carbonyl (C=O) groups excluding carboxylic acids is 1. The Balaban J connectivity index is 1.97. The van der Waals surface area contributed by atoms with E-state index in [0.29, 0.717) is 18.9 Å². The van der Waals surface area contributed by atoms with Crippen LogP contribution in [0.4, 0.5) is 0 Å². The first-order valence-corrected chi connectivity index (χ1v) is 6.06. The monoisotopic (exact) mass is 244 g/mol. The number of hydrogen-bond acceptors (Lipinski definition) is 3. The molecular formula is C14H16N2O2. The standard InChI is InChI=1S/C14H16N2O2/c1-2-6-13(17)15-10-14-16-9-12(18-14)11-7-4-3-5-8-11/h3-5,7-9H,2,6,10H2,1H3,(H,15,17). The molecule has 4 nitrogen and oxygen atoms in total. The molecule has 1 amide bonds. The highest BCUT2D eigenvalue weighted by Gasteiger charge is 2.07. The lowest BCUT2D eigenvalue weighted by molar-refractivity contribution is -0.121. The summed E-state index contributed by atoms with van der Waals surface area (Å²) >= 11 is 0. The van der Waals surface area contributed by atoms with Gasteiger partial charge >= 0.3 is 0 Å². The Hall–Kier alpha value is -2.10. The minimum atomic E-state index is 0.0250. The van der Waals surface area contributed by atoms with Gasteiger partial charge < -0.3 is 9.73 Å². The number of benzene rings is 1. The van der Waals surface area contributed by atoms with Crippen LogP contribution in [0.5, 0.6) is 0 Å². The van der Waals surface area contributed by atoms with Crippen LogP contribution >= 0.6 is 0 Å². The number of carbonyl (C=O) groups is 1. The molecule has 0 atom stereocenters. The third-order valence-electron chi connectivity index (χ3n) is 2.53. The summed E-state index contributed by atoms with van der Waals surface area (Å²) < 4.78 is 5.57. The van der Waals surface area contributed by atoms with E-state index < -0.39 is 0 Å². The quantitative estimate of drug-likeness (QED) is 0.879. The van der Waals surface area contributed by atoms with Gasteiger partial charge in [-0.25, -0.2) is 4.98 Å². The van der Waals surface area contributed by atoms with E-state index in [1.165, 1.54) is 0 Å². The van der Waals surface area contributed by atoms with Gasteiger partial charge in [-0.3, -0.25) is 4.79 Å². The van der Waals surface area contributed by atoms with Crippen molar-refractivity contribution in [1.29, 1.82) is 0 Å². The summed E-state index contributed by atoms with van der Waals surface area (Å²) in [6.07, 6.45) is 3.05. The van der Waals surface area contributed by atoms with Crippen molar-refractivity contribution in [3.63, 3.8) is 0 Å². The van der Waals surface area contributed by atoms with Crippen molar-refractivity contribution in [3.05, 3.63) is 42.4 Å². The average Bonchev–Trinajstić information content (AvgIpc) is 2.87. The topological polar surface area (TPSA) is 55.1 Å². The molecule has 0 aliphatic rings. The molecule has 94 valence electrons. The third-order valence-corrected chi connectivity index (χ3v) is 2.53. The zero-order valence-electron chi connectivity index (χ0n) is 10.3. The fourth-order valence-electron chi connectivity index (χ4n) is 1.62. The number of amides is 1. The first-order chi connectivity index (χ1) is 8.79. The Morgan fingerprint density at radius 2 is 2.11 bits per heavy atom. The van der Waals surface area contributed by atoms with Crippen molar-refractivity contribution in [2.75, 3.05) is 0 Å². The molecular weight excluding hydrogens is 228 g/mol. The first kappa shape index (κ1) is 12.4. The van der Waals surface area contributed by atoms with Crippen LogP contribution in [0.1, 0.15) is 25.7 Å². The second kappa shape index (κ2) is 6.00. The molecule has 1 N–H and O–H groups in total. The molecule has 2 rings (SSSR count). The van der Waals surface area contributed by atoms with Gasteiger partial charge in [-0.05, 0) is 6.42 Å². The van der Waals surface area contributed by atoms with Gasteiger partial charge in [-0.1, -0.05) is 37.3 Å². The molecule has 1 heterocycles. The maximum Gasteiger partial charge on any atom is 0.220 e. The van der Waals surface area contributed by atoms with Gasteiger partial charge in [0.2, 0.25) is 11.8 Å². The molecule has 0 unspecified atom stereocenters. The van der Waals surface area contributed by atoms with Crippen LogP contribution in [0.25, 0.3) is 11.3 Å². The molecule has 0 saturated heterocycles. The minimum absolute atomic E-state index is 0.0250. The molecule has 1 aromatic heterocycles. The van der Waals surface area contributed by atoms with Crippen molar-refractivity contribution < 1.29 is 9.21 Å². The number of nitrogens with zero attached hydrogens (tertiary/aromatic N) is 1. The predicted octanol–water partition coefficient (Wildman–Crippen LogP) is 2.76. The zero-order chi connectivity index (χ0) is 12.8. The largest absolute Gasteiger partial charge is 0.439 e. The van der Waals surface area contributed by atoms with E-state index in [0.717, 1.165) is 17.7 Å². The first-order valence-electron chi connectivity index (χ1n) is 6.06. The number of aromatic nitrogens is 1. The van der Waals surface area contributed by atoms with Crippen LogP contribution in [-0.2, 0) is 11.3 Å². The molecule has 0 radical (unpaired) electrons. The second-order valence-electron chi connectivity index (χ2n) is 4.01. The Morgan fingerprint density at radius 1 is 1.33 bits per heavy atom. The Morgan fingerprint density at radius 3 is 2.83 bits per heavy atom. The Bertz CT molecular complexity index is 506. The number of hydrogen-bond donors (Lipinski definition) is 1. The van der Waals surface area contributed by atoms with Crippen LogP contribution < -0.4 is 5.32 Å². The SMILES string of the molecule is CCCC(=O)NCc1ncc(-c2ccccc2)o1. The zero-order valence-corrected chi connectivity index (χ0v) is 10.3. The summed E-state index contributed by atoms with van der Waals surface area (Å²) in [5.74, 6) is 1.27. The van der Waals surface area contributed by atoms with Gasteiger partial charge in [0.15, 0.2) is 5.76 Å². The molecule has 0 aliphatic heterocycles. The normalized spacial score (nSPS) is 10.3. The lowest BCUT2D eigenvalue weighted by Crippen LogP contribution is -2.22. The van der Waals surface area contributed by atoms with Gasteiger partial charge in [-0.15, -0.1) is 0 Å². The smallest absolute Gasteiger partial charge is 0.220 e. The van der Waals surface area contributed by atoms with E-state index in [9.17, 15) is 4.79 Å². The molecule has 18 heavy (non-hydrogen) atoms. The van der Waals surface area contributed by atoms with Crippen LogP contribution in [-0.4, -0.2) is 10.9 Å². The minimum Gasteiger partial charge on any atom is -0.439 e. The summed E-state index contributed by atoms with van der Waals surface area (Å²) in [5.41, 5.74) is 0.983. The van der Waals surface area contributed by atoms with E-state index in [2.05, 4.69) is 10.3 Å². The fourth-order valence-corrected chi connectivity index (χ4v) is 1.62. The molecule has 4 heteroatoms. The highest BCUT2D eigenvalue weighted by molar-refractivity contribution is 5.75. The van der Waals surface area contributed by atoms with E-state index in [1.807, 2.05) is 37.3 Å². The van der Waals surface area contributed by atoms with Gasteiger partial charge in [0, 0.05) is 12.0 Å². The van der Waals surface area contributed by atoms with Crippen molar-refractivity contribution in [3.8, 4) is 11.3 Å². The predicted molar refractivity (Wildman–Crippen MR) is 68.7 cm³/mol. The van der Waals surface area contributed by atoms with E-state index >= 15 is 0 Å². The van der Waals surface area contributed by atoms with Crippen LogP contribution in [0.3, 0.4) is 0 Å². The highest BCUT2D eigenvalue weighted by atomic mass is 16.4. The van der Waals surface area contributed by atoms with Gasteiger partial charge in [0.25, 0.3) is 0 Å². The lowest BCUT2D eigenvalue weighted by atomic mass is 10.2. The third kappa shape index (κ3) is 3.20. The van der Waals surface area contributed by atoms with Crippen LogP contribution in [0.2, 0.25) is 0 Å².